The van der Waals surface area contributed by atoms with Crippen LogP contribution in [0.1, 0.15) is 15.2 Å². The van der Waals surface area contributed by atoms with E-state index < -0.39 is 0 Å². The Hall–Kier alpha value is -2.93. The van der Waals surface area contributed by atoms with Crippen LogP contribution >= 0.6 is 11.3 Å². The fourth-order valence-corrected chi connectivity index (χ4v) is 4.63. The molecule has 0 radical (unpaired) electrons. The van der Waals surface area contributed by atoms with Gasteiger partial charge in [-0.15, -0.1) is 11.3 Å². The lowest BCUT2D eigenvalue weighted by molar-refractivity contribution is -0.134. The van der Waals surface area contributed by atoms with Crippen molar-refractivity contribution in [2.24, 2.45) is 0 Å². The zero-order valence-corrected chi connectivity index (χ0v) is 16.9. The van der Waals surface area contributed by atoms with E-state index in [0.717, 1.165) is 20.5 Å². The van der Waals surface area contributed by atoms with Crippen LogP contribution in [0.25, 0.3) is 10.1 Å². The SMILES string of the molecule is Cc1c(C(=O)N2CCN(C(=O)COc3ccc(F)cc3)CC2)sc2ccccc12. The summed E-state index contributed by atoms with van der Waals surface area (Å²) in [6.45, 7) is 3.82. The second-order valence-corrected chi connectivity index (χ2v) is 8.02. The van der Waals surface area contributed by atoms with E-state index >= 15 is 0 Å². The molecule has 29 heavy (non-hydrogen) atoms. The van der Waals surface area contributed by atoms with E-state index in [9.17, 15) is 14.0 Å². The number of hydrogen-bond donors (Lipinski definition) is 0. The van der Waals surface area contributed by atoms with Crippen LogP contribution in [-0.2, 0) is 4.79 Å². The molecular weight excluding hydrogens is 391 g/mol. The summed E-state index contributed by atoms with van der Waals surface area (Å²) in [6.07, 6.45) is 0. The van der Waals surface area contributed by atoms with E-state index in [0.29, 0.717) is 31.9 Å². The molecule has 0 atom stereocenters. The van der Waals surface area contributed by atoms with Crippen LogP contribution in [-0.4, -0.2) is 54.4 Å². The maximum absolute atomic E-state index is 13.0. The van der Waals surface area contributed by atoms with Crippen LogP contribution in [0.3, 0.4) is 0 Å². The first kappa shape index (κ1) is 19.4. The number of benzene rings is 2. The zero-order valence-electron chi connectivity index (χ0n) is 16.1. The maximum Gasteiger partial charge on any atom is 0.264 e. The van der Waals surface area contributed by atoms with Crippen LogP contribution in [0, 0.1) is 12.7 Å². The number of thiophene rings is 1. The number of halogens is 1. The molecule has 1 aromatic heterocycles. The Morgan fingerprint density at radius 2 is 1.66 bits per heavy atom. The highest BCUT2D eigenvalue weighted by Gasteiger charge is 2.27. The Morgan fingerprint density at radius 1 is 1.00 bits per heavy atom. The standard InChI is InChI=1S/C22H21FN2O3S/c1-15-18-4-2-3-5-19(18)29-21(15)22(27)25-12-10-24(11-13-25)20(26)14-28-17-8-6-16(23)7-9-17/h2-9H,10-14H2,1H3. The molecule has 1 aliphatic heterocycles. The average molecular weight is 412 g/mol. The van der Waals surface area contributed by atoms with Crippen molar-refractivity contribution < 1.29 is 18.7 Å². The lowest BCUT2D eigenvalue weighted by Crippen LogP contribution is -2.51. The Bertz CT molecular complexity index is 1040. The molecule has 2 amide bonds. The number of fused-ring (bicyclic) bond motifs is 1. The number of nitrogens with zero attached hydrogens (tertiary/aromatic N) is 2. The minimum atomic E-state index is -0.349. The molecule has 0 spiro atoms. The number of rotatable bonds is 4. The number of ether oxygens (including phenoxy) is 1. The molecule has 0 unspecified atom stereocenters. The Morgan fingerprint density at radius 3 is 2.34 bits per heavy atom. The predicted octanol–water partition coefficient (Wildman–Crippen LogP) is 3.71. The van der Waals surface area contributed by atoms with Gasteiger partial charge in [0.25, 0.3) is 11.8 Å². The largest absolute Gasteiger partial charge is 0.484 e. The number of carbonyl (C=O) groups is 2. The Kier molecular flexibility index (Phi) is 5.49. The summed E-state index contributed by atoms with van der Waals surface area (Å²) in [7, 11) is 0. The normalized spacial score (nSPS) is 14.3. The second-order valence-electron chi connectivity index (χ2n) is 6.97. The summed E-state index contributed by atoms with van der Waals surface area (Å²) in [5.74, 6) is -0.00929. The second kappa shape index (κ2) is 8.21. The molecule has 0 bridgehead atoms. The van der Waals surface area contributed by atoms with Crippen LogP contribution in [0.5, 0.6) is 5.75 Å². The van der Waals surface area contributed by atoms with Gasteiger partial charge in [-0.2, -0.15) is 0 Å². The van der Waals surface area contributed by atoms with Crippen molar-refractivity contribution in [3.05, 3.63) is 64.8 Å². The number of hydrogen-bond acceptors (Lipinski definition) is 4. The van der Waals surface area contributed by atoms with Gasteiger partial charge in [-0.25, -0.2) is 4.39 Å². The summed E-state index contributed by atoms with van der Waals surface area (Å²) in [4.78, 5) is 29.6. The van der Waals surface area contributed by atoms with E-state index in [-0.39, 0.29) is 24.2 Å². The van der Waals surface area contributed by atoms with E-state index in [4.69, 9.17) is 4.74 Å². The molecule has 0 saturated carbocycles. The Labute approximate surface area is 172 Å². The number of amides is 2. The van der Waals surface area contributed by atoms with Crippen molar-refractivity contribution in [2.75, 3.05) is 32.8 Å². The van der Waals surface area contributed by atoms with Crippen molar-refractivity contribution in [2.45, 2.75) is 6.92 Å². The molecule has 1 fully saturated rings. The summed E-state index contributed by atoms with van der Waals surface area (Å²) in [5.41, 5.74) is 1.02. The van der Waals surface area contributed by atoms with Gasteiger partial charge >= 0.3 is 0 Å². The van der Waals surface area contributed by atoms with Crippen molar-refractivity contribution in [3.63, 3.8) is 0 Å². The summed E-state index contributed by atoms with van der Waals surface area (Å²) in [5, 5.41) is 1.12. The Balaban J connectivity index is 1.33. The smallest absolute Gasteiger partial charge is 0.264 e. The molecule has 5 nitrogen and oxygen atoms in total. The first-order valence-electron chi connectivity index (χ1n) is 9.46. The highest BCUT2D eigenvalue weighted by atomic mass is 32.1. The van der Waals surface area contributed by atoms with Crippen LogP contribution in [0.2, 0.25) is 0 Å². The van der Waals surface area contributed by atoms with Gasteiger partial charge in [-0.3, -0.25) is 9.59 Å². The maximum atomic E-state index is 13.0. The molecular formula is C22H21FN2O3S. The van der Waals surface area contributed by atoms with Gasteiger partial charge in [0, 0.05) is 30.9 Å². The van der Waals surface area contributed by atoms with Crippen molar-refractivity contribution in [1.29, 1.82) is 0 Å². The van der Waals surface area contributed by atoms with Gasteiger partial charge in [0.1, 0.15) is 11.6 Å². The minimum Gasteiger partial charge on any atom is -0.484 e. The molecule has 7 heteroatoms. The van der Waals surface area contributed by atoms with E-state index in [1.807, 2.05) is 36.1 Å². The third-order valence-corrected chi connectivity index (χ3v) is 6.39. The van der Waals surface area contributed by atoms with Crippen molar-refractivity contribution in [1.82, 2.24) is 9.80 Å². The van der Waals surface area contributed by atoms with Crippen molar-refractivity contribution >= 4 is 33.2 Å². The monoisotopic (exact) mass is 412 g/mol. The first-order valence-corrected chi connectivity index (χ1v) is 10.3. The zero-order chi connectivity index (χ0) is 20.4. The lowest BCUT2D eigenvalue weighted by Gasteiger charge is -2.34. The molecule has 0 aliphatic carbocycles. The van der Waals surface area contributed by atoms with Crippen LogP contribution < -0.4 is 4.74 Å². The van der Waals surface area contributed by atoms with Gasteiger partial charge in [0.05, 0.1) is 4.88 Å². The molecule has 3 aromatic rings. The average Bonchev–Trinajstić information content (AvgIpc) is 3.09. The van der Waals surface area contributed by atoms with Gasteiger partial charge < -0.3 is 14.5 Å². The highest BCUT2D eigenvalue weighted by molar-refractivity contribution is 7.21. The molecule has 2 aromatic carbocycles. The molecule has 150 valence electrons. The fraction of sp³-hybridized carbons (Fsp3) is 0.273. The first-order chi connectivity index (χ1) is 14.0. The number of piperazine rings is 1. The molecule has 0 N–H and O–H groups in total. The van der Waals surface area contributed by atoms with Crippen LogP contribution in [0.15, 0.2) is 48.5 Å². The third kappa shape index (κ3) is 4.10. The predicted molar refractivity (Wildman–Crippen MR) is 111 cm³/mol. The van der Waals surface area contributed by atoms with Gasteiger partial charge in [0.15, 0.2) is 6.61 Å². The summed E-state index contributed by atoms with van der Waals surface area (Å²) >= 11 is 1.52. The summed E-state index contributed by atoms with van der Waals surface area (Å²) in [6, 6.07) is 13.6. The van der Waals surface area contributed by atoms with Gasteiger partial charge in [-0.05, 0) is 48.2 Å². The third-order valence-electron chi connectivity index (χ3n) is 5.13. The summed E-state index contributed by atoms with van der Waals surface area (Å²) < 4.78 is 19.5. The molecule has 1 aliphatic rings. The quantitative estimate of drug-likeness (QED) is 0.656. The lowest BCUT2D eigenvalue weighted by atomic mass is 10.1. The molecule has 4 rings (SSSR count). The molecule has 2 heterocycles. The van der Waals surface area contributed by atoms with E-state index in [1.165, 1.54) is 35.6 Å². The minimum absolute atomic E-state index is 0.0263. The topological polar surface area (TPSA) is 49.9 Å². The highest BCUT2D eigenvalue weighted by Crippen LogP contribution is 2.31. The van der Waals surface area contributed by atoms with Gasteiger partial charge in [-0.1, -0.05) is 18.2 Å². The molecule has 1 saturated heterocycles. The van der Waals surface area contributed by atoms with Crippen molar-refractivity contribution in [3.8, 4) is 5.75 Å². The van der Waals surface area contributed by atoms with Gasteiger partial charge in [0.2, 0.25) is 0 Å². The fourth-order valence-electron chi connectivity index (χ4n) is 3.45. The van der Waals surface area contributed by atoms with Crippen LogP contribution in [0.4, 0.5) is 4.39 Å². The number of carbonyl (C=O) groups excluding carboxylic acids is 2. The number of aryl methyl sites for hydroxylation is 1. The van der Waals surface area contributed by atoms with E-state index in [1.54, 1.807) is 4.90 Å². The van der Waals surface area contributed by atoms with E-state index in [2.05, 4.69) is 0 Å².